The third-order valence-corrected chi connectivity index (χ3v) is 6.52. The zero-order valence-corrected chi connectivity index (χ0v) is 20.3. The minimum atomic E-state index is -0.292. The van der Waals surface area contributed by atoms with Crippen LogP contribution in [0.3, 0.4) is 0 Å². The Labute approximate surface area is 200 Å². The van der Waals surface area contributed by atoms with Crippen molar-refractivity contribution >= 4 is 22.9 Å². The van der Waals surface area contributed by atoms with E-state index in [1.165, 1.54) is 16.0 Å². The molecule has 0 fully saturated rings. The number of hydrogen-bond donors (Lipinski definition) is 1. The fraction of sp³-hybridized carbons (Fsp3) is 0.200. The summed E-state index contributed by atoms with van der Waals surface area (Å²) in [5.41, 5.74) is 2.90. The summed E-state index contributed by atoms with van der Waals surface area (Å²) in [5.74, 6) is 1.55. The molecule has 1 amide bonds. The SMILES string of the molecule is COc1ccccc1Oc1ccc(NC(=O)c2sc(-c3c(C)c(C)nn(C)c3=O)nc2C)cc1. The second kappa shape index (κ2) is 9.48. The molecule has 174 valence electrons. The van der Waals surface area contributed by atoms with Gasteiger partial charge in [-0.15, -0.1) is 11.3 Å². The lowest BCUT2D eigenvalue weighted by atomic mass is 10.1. The van der Waals surface area contributed by atoms with Gasteiger partial charge >= 0.3 is 0 Å². The average molecular weight is 477 g/mol. The first kappa shape index (κ1) is 23.2. The van der Waals surface area contributed by atoms with Crippen LogP contribution in [0, 0.1) is 20.8 Å². The second-order valence-electron chi connectivity index (χ2n) is 7.68. The fourth-order valence-corrected chi connectivity index (χ4v) is 4.49. The van der Waals surface area contributed by atoms with Crippen LogP contribution in [0.5, 0.6) is 17.2 Å². The lowest BCUT2D eigenvalue weighted by molar-refractivity contribution is 0.103. The number of thiazole rings is 1. The van der Waals surface area contributed by atoms with Gasteiger partial charge in [-0.3, -0.25) is 9.59 Å². The molecule has 0 spiro atoms. The Kier molecular flexibility index (Phi) is 6.47. The average Bonchev–Trinajstić information content (AvgIpc) is 3.20. The van der Waals surface area contributed by atoms with Gasteiger partial charge in [-0.05, 0) is 62.7 Å². The highest BCUT2D eigenvalue weighted by atomic mass is 32.1. The van der Waals surface area contributed by atoms with Crippen LogP contribution in [0.4, 0.5) is 5.69 Å². The molecule has 1 N–H and O–H groups in total. The van der Waals surface area contributed by atoms with E-state index in [-0.39, 0.29) is 11.5 Å². The summed E-state index contributed by atoms with van der Waals surface area (Å²) in [6.07, 6.45) is 0. The molecule has 2 aromatic carbocycles. The molecule has 0 aliphatic rings. The van der Waals surface area contributed by atoms with Crippen molar-refractivity contribution in [1.29, 1.82) is 0 Å². The van der Waals surface area contributed by atoms with Gasteiger partial charge in [-0.2, -0.15) is 5.10 Å². The van der Waals surface area contributed by atoms with E-state index in [1.807, 2.05) is 38.1 Å². The zero-order chi connectivity index (χ0) is 24.4. The summed E-state index contributed by atoms with van der Waals surface area (Å²) in [6.45, 7) is 5.44. The first-order chi connectivity index (χ1) is 16.3. The summed E-state index contributed by atoms with van der Waals surface area (Å²) in [4.78, 5) is 30.6. The van der Waals surface area contributed by atoms with Crippen LogP contribution in [-0.2, 0) is 7.05 Å². The van der Waals surface area contributed by atoms with Crippen molar-refractivity contribution in [3.05, 3.63) is 80.7 Å². The fourth-order valence-electron chi connectivity index (χ4n) is 3.44. The monoisotopic (exact) mass is 476 g/mol. The third-order valence-electron chi connectivity index (χ3n) is 5.35. The number of amides is 1. The minimum Gasteiger partial charge on any atom is -0.493 e. The quantitative estimate of drug-likeness (QED) is 0.426. The Morgan fingerprint density at radius 1 is 1.00 bits per heavy atom. The Bertz CT molecular complexity index is 1420. The van der Waals surface area contributed by atoms with Crippen molar-refractivity contribution in [2.75, 3.05) is 12.4 Å². The number of ether oxygens (including phenoxy) is 2. The van der Waals surface area contributed by atoms with E-state index < -0.39 is 0 Å². The van der Waals surface area contributed by atoms with Gasteiger partial charge in [-0.25, -0.2) is 9.67 Å². The highest BCUT2D eigenvalue weighted by molar-refractivity contribution is 7.17. The lowest BCUT2D eigenvalue weighted by Gasteiger charge is -2.10. The van der Waals surface area contributed by atoms with Crippen molar-refractivity contribution in [2.24, 2.45) is 7.05 Å². The van der Waals surface area contributed by atoms with Crippen LogP contribution in [-0.4, -0.2) is 27.8 Å². The number of rotatable bonds is 6. The number of benzene rings is 2. The standard InChI is InChI=1S/C25H24N4O4S/c1-14-15(2)28-29(4)25(31)21(14)24-26-16(3)22(34-24)23(30)27-17-10-12-18(13-11-17)33-20-9-7-6-8-19(20)32-5/h6-13H,1-5H3,(H,27,30). The molecule has 0 bridgehead atoms. The van der Waals surface area contributed by atoms with Crippen molar-refractivity contribution in [1.82, 2.24) is 14.8 Å². The number of nitrogens with zero attached hydrogens (tertiary/aromatic N) is 3. The molecule has 34 heavy (non-hydrogen) atoms. The van der Waals surface area contributed by atoms with Crippen molar-refractivity contribution in [3.8, 4) is 27.8 Å². The van der Waals surface area contributed by atoms with Gasteiger partial charge in [0.15, 0.2) is 11.5 Å². The normalized spacial score (nSPS) is 10.7. The molecule has 0 saturated carbocycles. The van der Waals surface area contributed by atoms with E-state index in [4.69, 9.17) is 9.47 Å². The van der Waals surface area contributed by atoms with E-state index in [0.717, 1.165) is 11.3 Å². The second-order valence-corrected chi connectivity index (χ2v) is 8.68. The number of anilines is 1. The van der Waals surface area contributed by atoms with Crippen molar-refractivity contribution < 1.29 is 14.3 Å². The van der Waals surface area contributed by atoms with E-state index in [1.54, 1.807) is 45.3 Å². The molecule has 9 heteroatoms. The summed E-state index contributed by atoms with van der Waals surface area (Å²) in [7, 11) is 3.19. The highest BCUT2D eigenvalue weighted by Crippen LogP contribution is 2.32. The topological polar surface area (TPSA) is 95.3 Å². The van der Waals surface area contributed by atoms with Crippen LogP contribution in [0.15, 0.2) is 53.3 Å². The number of aryl methyl sites for hydroxylation is 3. The van der Waals surface area contributed by atoms with Gasteiger partial charge in [0.1, 0.15) is 15.6 Å². The van der Waals surface area contributed by atoms with Crippen LogP contribution in [0.1, 0.15) is 26.6 Å². The van der Waals surface area contributed by atoms with Gasteiger partial charge in [0.25, 0.3) is 11.5 Å². The van der Waals surface area contributed by atoms with Gasteiger partial charge < -0.3 is 14.8 Å². The zero-order valence-electron chi connectivity index (χ0n) is 19.5. The molecule has 0 atom stereocenters. The maximum Gasteiger partial charge on any atom is 0.277 e. The summed E-state index contributed by atoms with van der Waals surface area (Å²) < 4.78 is 12.5. The van der Waals surface area contributed by atoms with E-state index in [9.17, 15) is 9.59 Å². The first-order valence-electron chi connectivity index (χ1n) is 10.5. The Morgan fingerprint density at radius 3 is 2.35 bits per heavy atom. The molecule has 8 nitrogen and oxygen atoms in total. The largest absolute Gasteiger partial charge is 0.493 e. The van der Waals surface area contributed by atoms with Crippen LogP contribution >= 0.6 is 11.3 Å². The van der Waals surface area contributed by atoms with Crippen molar-refractivity contribution in [2.45, 2.75) is 20.8 Å². The number of para-hydroxylation sites is 2. The molecule has 2 aromatic heterocycles. The minimum absolute atomic E-state index is 0.241. The molecule has 0 radical (unpaired) electrons. The molecule has 0 aliphatic carbocycles. The van der Waals surface area contributed by atoms with Crippen LogP contribution in [0.25, 0.3) is 10.6 Å². The molecule has 4 aromatic rings. The molecular formula is C25H24N4O4S. The van der Waals surface area contributed by atoms with Gasteiger partial charge in [0.05, 0.1) is 24.1 Å². The molecule has 0 aliphatic heterocycles. The smallest absolute Gasteiger partial charge is 0.277 e. The van der Waals surface area contributed by atoms with E-state index in [2.05, 4.69) is 15.4 Å². The number of nitrogens with one attached hydrogen (secondary N) is 1. The van der Waals surface area contributed by atoms with Gasteiger partial charge in [-0.1, -0.05) is 12.1 Å². The highest BCUT2D eigenvalue weighted by Gasteiger charge is 2.21. The molecule has 2 heterocycles. The summed E-state index contributed by atoms with van der Waals surface area (Å²) in [5, 5.41) is 7.60. The van der Waals surface area contributed by atoms with Gasteiger partial charge in [0.2, 0.25) is 0 Å². The Morgan fingerprint density at radius 2 is 1.68 bits per heavy atom. The maximum atomic E-state index is 13.0. The maximum absolute atomic E-state index is 13.0. The molecule has 4 rings (SSSR count). The van der Waals surface area contributed by atoms with Crippen LogP contribution < -0.4 is 20.3 Å². The summed E-state index contributed by atoms with van der Waals surface area (Å²) >= 11 is 1.19. The number of methoxy groups -OCH3 is 1. The summed E-state index contributed by atoms with van der Waals surface area (Å²) in [6, 6.07) is 14.4. The first-order valence-corrected chi connectivity index (χ1v) is 11.3. The number of carbonyl (C=O) groups excluding carboxylic acids is 1. The Balaban J connectivity index is 1.53. The predicted molar refractivity (Wildman–Crippen MR) is 132 cm³/mol. The molecular weight excluding hydrogens is 452 g/mol. The number of carbonyl (C=O) groups is 1. The third kappa shape index (κ3) is 4.55. The number of aromatic nitrogens is 3. The van der Waals surface area contributed by atoms with Gasteiger partial charge in [0, 0.05) is 12.7 Å². The predicted octanol–water partition coefficient (Wildman–Crippen LogP) is 4.88. The van der Waals surface area contributed by atoms with E-state index >= 15 is 0 Å². The van der Waals surface area contributed by atoms with Crippen molar-refractivity contribution in [3.63, 3.8) is 0 Å². The molecule has 0 saturated heterocycles. The van der Waals surface area contributed by atoms with E-state index in [0.29, 0.717) is 44.1 Å². The van der Waals surface area contributed by atoms with Crippen LogP contribution in [0.2, 0.25) is 0 Å². The number of hydrogen-bond acceptors (Lipinski definition) is 7. The Hall–Kier alpha value is -3.98. The molecule has 0 unspecified atom stereocenters. The lowest BCUT2D eigenvalue weighted by Crippen LogP contribution is -2.23.